The van der Waals surface area contributed by atoms with E-state index in [-0.39, 0.29) is 0 Å². The van der Waals surface area contributed by atoms with Crippen molar-refractivity contribution < 1.29 is 9.47 Å². The molecule has 1 aromatic heterocycles. The molecule has 1 saturated heterocycles. The topological polar surface area (TPSA) is 43.4 Å². The van der Waals surface area contributed by atoms with Crippen LogP contribution in [0.3, 0.4) is 0 Å². The molecule has 1 aromatic rings. The van der Waals surface area contributed by atoms with Crippen molar-refractivity contribution in [2.75, 3.05) is 20.3 Å². The fourth-order valence-corrected chi connectivity index (χ4v) is 1.28. The van der Waals surface area contributed by atoms with E-state index in [0.717, 1.165) is 18.0 Å². The number of methoxy groups -OCH3 is 1. The molecule has 0 bridgehead atoms. The van der Waals surface area contributed by atoms with E-state index in [0.29, 0.717) is 12.6 Å². The van der Waals surface area contributed by atoms with Crippen LogP contribution in [0.5, 0.6) is 11.5 Å². The van der Waals surface area contributed by atoms with Gasteiger partial charge in [0.15, 0.2) is 0 Å². The lowest BCUT2D eigenvalue weighted by Crippen LogP contribution is -2.46. The van der Waals surface area contributed by atoms with E-state index in [9.17, 15) is 0 Å². The molecule has 4 nitrogen and oxygen atoms in total. The second kappa shape index (κ2) is 4.28. The molecule has 0 amide bonds. The van der Waals surface area contributed by atoms with Gasteiger partial charge in [0.1, 0.15) is 18.1 Å². The molecule has 1 aliphatic rings. The lowest BCUT2D eigenvalue weighted by atomic mass is 10.1. The zero-order valence-corrected chi connectivity index (χ0v) is 8.19. The molecule has 0 aliphatic carbocycles. The van der Waals surface area contributed by atoms with Crippen LogP contribution in [0.4, 0.5) is 0 Å². The molecule has 1 atom stereocenters. The van der Waals surface area contributed by atoms with Crippen LogP contribution in [0, 0.1) is 0 Å². The highest BCUT2D eigenvalue weighted by Crippen LogP contribution is 2.17. The van der Waals surface area contributed by atoms with Gasteiger partial charge >= 0.3 is 0 Å². The summed E-state index contributed by atoms with van der Waals surface area (Å²) in [5.74, 6) is 1.49. The number of nitrogens with one attached hydrogen (secondary N) is 1. The fraction of sp³-hybridized carbons (Fsp3) is 0.500. The molecule has 0 aromatic carbocycles. The predicted octanol–water partition coefficient (Wildman–Crippen LogP) is 0.831. The number of pyridine rings is 1. The van der Waals surface area contributed by atoms with Gasteiger partial charge in [-0.15, -0.1) is 0 Å². The van der Waals surface area contributed by atoms with Crippen molar-refractivity contribution in [3.8, 4) is 11.5 Å². The molecule has 2 rings (SSSR count). The summed E-state index contributed by atoms with van der Waals surface area (Å²) in [6.45, 7) is 1.80. The van der Waals surface area contributed by atoms with Gasteiger partial charge in [0, 0.05) is 12.1 Å². The second-order valence-electron chi connectivity index (χ2n) is 3.31. The molecule has 0 spiro atoms. The van der Waals surface area contributed by atoms with Crippen molar-refractivity contribution in [3.63, 3.8) is 0 Å². The summed E-state index contributed by atoms with van der Waals surface area (Å²) in [6, 6.07) is 2.34. The van der Waals surface area contributed by atoms with E-state index in [1.807, 2.05) is 6.07 Å². The fourth-order valence-electron chi connectivity index (χ4n) is 1.28. The van der Waals surface area contributed by atoms with Crippen LogP contribution in [-0.2, 0) is 0 Å². The predicted molar refractivity (Wildman–Crippen MR) is 52.7 cm³/mol. The van der Waals surface area contributed by atoms with Crippen LogP contribution >= 0.6 is 0 Å². The van der Waals surface area contributed by atoms with Crippen LogP contribution in [0.25, 0.3) is 0 Å². The molecule has 4 heteroatoms. The quantitative estimate of drug-likeness (QED) is 0.771. The molecule has 1 fully saturated rings. The van der Waals surface area contributed by atoms with Gasteiger partial charge in [0.2, 0.25) is 0 Å². The molecular weight excluding hydrogens is 180 g/mol. The van der Waals surface area contributed by atoms with Crippen LogP contribution in [0.1, 0.15) is 6.42 Å². The van der Waals surface area contributed by atoms with Gasteiger partial charge in [0.25, 0.3) is 0 Å². The number of hydrogen-bond acceptors (Lipinski definition) is 4. The SMILES string of the molecule is COc1cncc(OCC2CCN2)c1. The van der Waals surface area contributed by atoms with Crippen molar-refractivity contribution in [3.05, 3.63) is 18.5 Å². The van der Waals surface area contributed by atoms with Gasteiger partial charge in [-0.3, -0.25) is 4.98 Å². The summed E-state index contributed by atoms with van der Waals surface area (Å²) in [5.41, 5.74) is 0. The lowest BCUT2D eigenvalue weighted by Gasteiger charge is -2.27. The van der Waals surface area contributed by atoms with Crippen molar-refractivity contribution in [2.45, 2.75) is 12.5 Å². The average Bonchev–Trinajstić information content (AvgIpc) is 2.16. The van der Waals surface area contributed by atoms with E-state index in [1.54, 1.807) is 19.5 Å². The first-order chi connectivity index (χ1) is 6.88. The normalized spacial score (nSPS) is 19.9. The highest BCUT2D eigenvalue weighted by molar-refractivity contribution is 5.28. The van der Waals surface area contributed by atoms with Crippen LogP contribution in [-0.4, -0.2) is 31.3 Å². The summed E-state index contributed by atoms with van der Waals surface area (Å²) in [6.07, 6.45) is 4.55. The molecule has 0 saturated carbocycles. The monoisotopic (exact) mass is 194 g/mol. The highest BCUT2D eigenvalue weighted by Gasteiger charge is 2.16. The van der Waals surface area contributed by atoms with Gasteiger partial charge in [-0.25, -0.2) is 0 Å². The number of hydrogen-bond donors (Lipinski definition) is 1. The minimum atomic E-state index is 0.501. The molecule has 1 N–H and O–H groups in total. The third kappa shape index (κ3) is 2.14. The molecule has 76 valence electrons. The zero-order valence-electron chi connectivity index (χ0n) is 8.19. The Morgan fingerprint density at radius 3 is 2.93 bits per heavy atom. The Morgan fingerprint density at radius 1 is 1.50 bits per heavy atom. The maximum Gasteiger partial charge on any atom is 0.141 e. The molecular formula is C10H14N2O2. The summed E-state index contributed by atoms with van der Waals surface area (Å²) in [7, 11) is 1.62. The Morgan fingerprint density at radius 2 is 2.29 bits per heavy atom. The standard InChI is InChI=1S/C10H14N2O2/c1-13-9-4-10(6-11-5-9)14-7-8-2-3-12-8/h4-6,8,12H,2-3,7H2,1H3. The Bertz CT molecular complexity index is 300. The summed E-state index contributed by atoms with van der Waals surface area (Å²) in [4.78, 5) is 4.01. The largest absolute Gasteiger partial charge is 0.495 e. The van der Waals surface area contributed by atoms with Crippen molar-refractivity contribution >= 4 is 0 Å². The second-order valence-corrected chi connectivity index (χ2v) is 3.31. The Labute approximate surface area is 83.2 Å². The number of rotatable bonds is 4. The van der Waals surface area contributed by atoms with Gasteiger partial charge in [0.05, 0.1) is 19.5 Å². The van der Waals surface area contributed by atoms with E-state index >= 15 is 0 Å². The maximum absolute atomic E-state index is 5.55. The first-order valence-electron chi connectivity index (χ1n) is 4.73. The average molecular weight is 194 g/mol. The van der Waals surface area contributed by atoms with E-state index < -0.39 is 0 Å². The zero-order chi connectivity index (χ0) is 9.80. The smallest absolute Gasteiger partial charge is 0.141 e. The van der Waals surface area contributed by atoms with Gasteiger partial charge in [-0.2, -0.15) is 0 Å². The number of ether oxygens (including phenoxy) is 2. The third-order valence-electron chi connectivity index (χ3n) is 2.30. The van der Waals surface area contributed by atoms with E-state index in [2.05, 4.69) is 10.3 Å². The first-order valence-corrected chi connectivity index (χ1v) is 4.73. The number of nitrogens with zero attached hydrogens (tertiary/aromatic N) is 1. The minimum absolute atomic E-state index is 0.501. The van der Waals surface area contributed by atoms with Crippen LogP contribution < -0.4 is 14.8 Å². The van der Waals surface area contributed by atoms with Crippen molar-refractivity contribution in [2.24, 2.45) is 0 Å². The summed E-state index contributed by atoms with van der Waals surface area (Å²) < 4.78 is 10.6. The third-order valence-corrected chi connectivity index (χ3v) is 2.30. The van der Waals surface area contributed by atoms with E-state index in [1.165, 1.54) is 6.42 Å². The molecule has 0 radical (unpaired) electrons. The van der Waals surface area contributed by atoms with Crippen molar-refractivity contribution in [1.29, 1.82) is 0 Å². The number of aromatic nitrogens is 1. The summed E-state index contributed by atoms with van der Waals surface area (Å²) >= 11 is 0. The Kier molecular flexibility index (Phi) is 2.84. The van der Waals surface area contributed by atoms with Crippen molar-refractivity contribution in [1.82, 2.24) is 10.3 Å². The summed E-state index contributed by atoms with van der Waals surface area (Å²) in [5, 5.41) is 3.27. The highest BCUT2D eigenvalue weighted by atomic mass is 16.5. The minimum Gasteiger partial charge on any atom is -0.495 e. The Balaban J connectivity index is 1.87. The lowest BCUT2D eigenvalue weighted by molar-refractivity contribution is 0.216. The molecule has 1 unspecified atom stereocenters. The molecule has 14 heavy (non-hydrogen) atoms. The van der Waals surface area contributed by atoms with Gasteiger partial charge in [-0.05, 0) is 13.0 Å². The maximum atomic E-state index is 5.55. The molecule has 2 heterocycles. The van der Waals surface area contributed by atoms with Gasteiger partial charge < -0.3 is 14.8 Å². The first kappa shape index (κ1) is 9.27. The molecule has 1 aliphatic heterocycles. The van der Waals surface area contributed by atoms with Crippen LogP contribution in [0.2, 0.25) is 0 Å². The van der Waals surface area contributed by atoms with Crippen LogP contribution in [0.15, 0.2) is 18.5 Å². The van der Waals surface area contributed by atoms with Gasteiger partial charge in [-0.1, -0.05) is 0 Å². The Hall–Kier alpha value is -1.29. The van der Waals surface area contributed by atoms with E-state index in [4.69, 9.17) is 9.47 Å².